The molecule has 2 aromatic rings. The van der Waals surface area contributed by atoms with Gasteiger partial charge in [0.1, 0.15) is 0 Å². The maximum atomic E-state index is 3.46. The van der Waals surface area contributed by atoms with E-state index in [1.807, 2.05) is 7.05 Å². The molecule has 1 nitrogen and oxygen atoms in total. The fourth-order valence-electron chi connectivity index (χ4n) is 2.56. The normalized spacial score (nSPS) is 12.4. The summed E-state index contributed by atoms with van der Waals surface area (Å²) in [5.41, 5.74) is 6.88. The molecular formula is C18H23N. The fourth-order valence-corrected chi connectivity index (χ4v) is 2.56. The van der Waals surface area contributed by atoms with Crippen molar-refractivity contribution in [2.75, 3.05) is 7.05 Å². The Labute approximate surface area is 116 Å². The van der Waals surface area contributed by atoms with E-state index in [9.17, 15) is 0 Å². The SMILES string of the molecule is CNC(Cc1ccccc1C)c1cc(C)ccc1C. The van der Waals surface area contributed by atoms with Crippen molar-refractivity contribution in [2.45, 2.75) is 33.2 Å². The molecule has 0 fully saturated rings. The number of benzene rings is 2. The van der Waals surface area contributed by atoms with Crippen LogP contribution in [-0.4, -0.2) is 7.05 Å². The molecule has 0 saturated carbocycles. The third-order valence-electron chi connectivity index (χ3n) is 3.84. The van der Waals surface area contributed by atoms with Crippen molar-refractivity contribution in [3.05, 3.63) is 70.3 Å². The smallest absolute Gasteiger partial charge is 0.0361 e. The van der Waals surface area contributed by atoms with Crippen LogP contribution >= 0.6 is 0 Å². The first-order valence-electron chi connectivity index (χ1n) is 6.90. The standard InChI is InChI=1S/C18H23N/c1-13-9-10-15(3)17(11-13)18(19-4)12-16-8-6-5-7-14(16)2/h5-11,18-19H,12H2,1-4H3. The quantitative estimate of drug-likeness (QED) is 0.864. The molecular weight excluding hydrogens is 230 g/mol. The first-order valence-corrected chi connectivity index (χ1v) is 6.90. The molecule has 1 atom stereocenters. The largest absolute Gasteiger partial charge is 0.313 e. The maximum absolute atomic E-state index is 3.46. The highest BCUT2D eigenvalue weighted by atomic mass is 14.9. The Bertz CT molecular complexity index is 557. The minimum Gasteiger partial charge on any atom is -0.313 e. The molecule has 19 heavy (non-hydrogen) atoms. The first kappa shape index (κ1) is 13.8. The summed E-state index contributed by atoms with van der Waals surface area (Å²) >= 11 is 0. The van der Waals surface area contributed by atoms with Gasteiger partial charge in [0.05, 0.1) is 0 Å². The van der Waals surface area contributed by atoms with E-state index in [1.54, 1.807) is 0 Å². The van der Waals surface area contributed by atoms with Crippen LogP contribution in [0.5, 0.6) is 0 Å². The summed E-state index contributed by atoms with van der Waals surface area (Å²) in [6.45, 7) is 6.53. The predicted molar refractivity (Wildman–Crippen MR) is 82.6 cm³/mol. The number of rotatable bonds is 4. The summed E-state index contributed by atoms with van der Waals surface area (Å²) in [5.74, 6) is 0. The summed E-state index contributed by atoms with van der Waals surface area (Å²) < 4.78 is 0. The molecule has 0 bridgehead atoms. The average molecular weight is 253 g/mol. The minimum atomic E-state index is 0.376. The predicted octanol–water partition coefficient (Wildman–Crippen LogP) is 4.12. The van der Waals surface area contributed by atoms with Gasteiger partial charge in [-0.25, -0.2) is 0 Å². The Morgan fingerprint density at radius 3 is 2.37 bits per heavy atom. The van der Waals surface area contributed by atoms with Crippen molar-refractivity contribution in [1.82, 2.24) is 5.32 Å². The van der Waals surface area contributed by atoms with Gasteiger partial charge in [-0.15, -0.1) is 0 Å². The highest BCUT2D eigenvalue weighted by molar-refractivity contribution is 5.35. The molecule has 0 saturated heterocycles. The van der Waals surface area contributed by atoms with Crippen molar-refractivity contribution in [2.24, 2.45) is 0 Å². The molecule has 1 heteroatoms. The summed E-state index contributed by atoms with van der Waals surface area (Å²) in [5, 5.41) is 3.46. The molecule has 0 aromatic heterocycles. The van der Waals surface area contributed by atoms with Crippen molar-refractivity contribution < 1.29 is 0 Å². The van der Waals surface area contributed by atoms with Crippen molar-refractivity contribution in [3.8, 4) is 0 Å². The third-order valence-corrected chi connectivity index (χ3v) is 3.84. The molecule has 1 N–H and O–H groups in total. The van der Waals surface area contributed by atoms with Crippen LogP contribution in [0.4, 0.5) is 0 Å². The average Bonchev–Trinajstić information content (AvgIpc) is 2.41. The van der Waals surface area contributed by atoms with Crippen molar-refractivity contribution in [3.63, 3.8) is 0 Å². The topological polar surface area (TPSA) is 12.0 Å². The van der Waals surface area contributed by atoms with E-state index >= 15 is 0 Å². The second-order valence-electron chi connectivity index (χ2n) is 5.33. The lowest BCUT2D eigenvalue weighted by Crippen LogP contribution is -2.20. The lowest BCUT2D eigenvalue weighted by Gasteiger charge is -2.20. The van der Waals surface area contributed by atoms with Gasteiger partial charge < -0.3 is 5.32 Å². The zero-order chi connectivity index (χ0) is 13.8. The Balaban J connectivity index is 2.30. The van der Waals surface area contributed by atoms with E-state index in [0.717, 1.165) is 6.42 Å². The van der Waals surface area contributed by atoms with Gasteiger partial charge in [0.2, 0.25) is 0 Å². The summed E-state index contributed by atoms with van der Waals surface area (Å²) in [7, 11) is 2.05. The van der Waals surface area contributed by atoms with Gasteiger partial charge in [-0.05, 0) is 56.5 Å². The van der Waals surface area contributed by atoms with E-state index < -0.39 is 0 Å². The van der Waals surface area contributed by atoms with Crippen LogP contribution in [0, 0.1) is 20.8 Å². The van der Waals surface area contributed by atoms with Gasteiger partial charge in [0.25, 0.3) is 0 Å². The zero-order valence-corrected chi connectivity index (χ0v) is 12.3. The van der Waals surface area contributed by atoms with Crippen LogP contribution < -0.4 is 5.32 Å². The zero-order valence-electron chi connectivity index (χ0n) is 12.3. The van der Waals surface area contributed by atoms with E-state index in [-0.39, 0.29) is 0 Å². The van der Waals surface area contributed by atoms with Crippen molar-refractivity contribution >= 4 is 0 Å². The summed E-state index contributed by atoms with van der Waals surface area (Å²) in [6, 6.07) is 15.7. The van der Waals surface area contributed by atoms with E-state index in [0.29, 0.717) is 6.04 Å². The van der Waals surface area contributed by atoms with E-state index in [2.05, 4.69) is 68.6 Å². The molecule has 0 spiro atoms. The number of hydrogen-bond donors (Lipinski definition) is 1. The molecule has 0 aliphatic heterocycles. The Morgan fingerprint density at radius 1 is 0.947 bits per heavy atom. The maximum Gasteiger partial charge on any atom is 0.0361 e. The molecule has 0 aliphatic carbocycles. The van der Waals surface area contributed by atoms with Gasteiger partial charge in [-0.1, -0.05) is 48.0 Å². The second-order valence-corrected chi connectivity index (χ2v) is 5.33. The van der Waals surface area contributed by atoms with Crippen LogP contribution in [0.15, 0.2) is 42.5 Å². The van der Waals surface area contributed by atoms with Crippen LogP contribution in [0.25, 0.3) is 0 Å². The van der Waals surface area contributed by atoms with Gasteiger partial charge in [-0.3, -0.25) is 0 Å². The molecule has 2 aromatic carbocycles. The molecule has 0 radical (unpaired) electrons. The van der Waals surface area contributed by atoms with Crippen LogP contribution in [0.1, 0.15) is 33.9 Å². The van der Waals surface area contributed by atoms with Gasteiger partial charge in [0.15, 0.2) is 0 Å². The minimum absolute atomic E-state index is 0.376. The highest BCUT2D eigenvalue weighted by Gasteiger charge is 2.13. The monoisotopic (exact) mass is 253 g/mol. The van der Waals surface area contributed by atoms with Gasteiger partial charge >= 0.3 is 0 Å². The molecule has 1 unspecified atom stereocenters. The van der Waals surface area contributed by atoms with Crippen LogP contribution in [0.3, 0.4) is 0 Å². The number of nitrogens with one attached hydrogen (secondary N) is 1. The van der Waals surface area contributed by atoms with E-state index in [4.69, 9.17) is 0 Å². The summed E-state index contributed by atoms with van der Waals surface area (Å²) in [6.07, 6.45) is 1.04. The number of hydrogen-bond acceptors (Lipinski definition) is 1. The summed E-state index contributed by atoms with van der Waals surface area (Å²) in [4.78, 5) is 0. The van der Waals surface area contributed by atoms with Crippen LogP contribution in [0.2, 0.25) is 0 Å². The molecule has 0 amide bonds. The fraction of sp³-hybridized carbons (Fsp3) is 0.333. The molecule has 0 aliphatic rings. The highest BCUT2D eigenvalue weighted by Crippen LogP contribution is 2.24. The Morgan fingerprint density at radius 2 is 1.68 bits per heavy atom. The second kappa shape index (κ2) is 6.03. The third kappa shape index (κ3) is 3.24. The number of likely N-dealkylation sites (N-methyl/N-ethyl adjacent to an activating group) is 1. The van der Waals surface area contributed by atoms with E-state index in [1.165, 1.54) is 27.8 Å². The molecule has 100 valence electrons. The van der Waals surface area contributed by atoms with Gasteiger partial charge in [0, 0.05) is 6.04 Å². The first-order chi connectivity index (χ1) is 9.11. The van der Waals surface area contributed by atoms with Crippen LogP contribution in [-0.2, 0) is 6.42 Å². The van der Waals surface area contributed by atoms with Crippen molar-refractivity contribution in [1.29, 1.82) is 0 Å². The molecule has 0 heterocycles. The lowest BCUT2D eigenvalue weighted by molar-refractivity contribution is 0.587. The Hall–Kier alpha value is -1.60. The molecule has 2 rings (SSSR count). The number of aryl methyl sites for hydroxylation is 3. The lowest BCUT2D eigenvalue weighted by atomic mass is 9.92. The van der Waals surface area contributed by atoms with Gasteiger partial charge in [-0.2, -0.15) is 0 Å². The Kier molecular flexibility index (Phi) is 4.39.